The highest BCUT2D eigenvalue weighted by atomic mass is 35.5. The summed E-state index contributed by atoms with van der Waals surface area (Å²) in [5.74, 6) is -0.0800. The van der Waals surface area contributed by atoms with E-state index in [-0.39, 0.29) is 10.8 Å². The van der Waals surface area contributed by atoms with Gasteiger partial charge in [-0.05, 0) is 37.3 Å². The first-order valence-corrected chi connectivity index (χ1v) is 9.03. The van der Waals surface area contributed by atoms with Crippen molar-refractivity contribution in [2.24, 2.45) is 0 Å². The van der Waals surface area contributed by atoms with Crippen LogP contribution in [0.15, 0.2) is 36.5 Å². The number of thiophene rings is 1. The summed E-state index contributed by atoms with van der Waals surface area (Å²) in [6.07, 6.45) is 0.949. The number of ether oxygens (including phenoxy) is 1. The molecule has 0 spiro atoms. The number of pyridine rings is 1. The summed E-state index contributed by atoms with van der Waals surface area (Å²) in [4.78, 5) is 5.58. The number of halogens is 3. The molecule has 0 aliphatic carbocycles. The van der Waals surface area contributed by atoms with Crippen molar-refractivity contribution in [1.29, 1.82) is 5.26 Å². The molecule has 0 saturated heterocycles. The Morgan fingerprint density at radius 3 is 2.77 bits per heavy atom. The van der Waals surface area contributed by atoms with Gasteiger partial charge < -0.3 is 10.5 Å². The zero-order valence-electron chi connectivity index (χ0n) is 13.5. The number of benzene rings is 1. The molecule has 26 heavy (non-hydrogen) atoms. The lowest BCUT2D eigenvalue weighted by Gasteiger charge is -2.19. The normalized spacial score (nSPS) is 11.8. The van der Waals surface area contributed by atoms with E-state index in [2.05, 4.69) is 11.1 Å². The molecule has 8 heteroatoms. The summed E-state index contributed by atoms with van der Waals surface area (Å²) < 4.78 is 19.6. The van der Waals surface area contributed by atoms with Gasteiger partial charge >= 0.3 is 0 Å². The fraction of sp³-hybridized carbons (Fsp3) is 0.111. The predicted molar refractivity (Wildman–Crippen MR) is 102 cm³/mol. The molecule has 132 valence electrons. The summed E-state index contributed by atoms with van der Waals surface area (Å²) in [5, 5.41) is 9.16. The van der Waals surface area contributed by atoms with E-state index >= 15 is 0 Å². The standard InChI is InChI=1S/C18H12Cl2FN3OS/c1-9(16-12(19)3-4-13(21)17(16)20)25-14-6-10(8-24-18(14)23)15-5-2-11(7-22)26-15/h2-6,8-9H,1H3,(H2,23,24)/t9-/m0/s1. The summed E-state index contributed by atoms with van der Waals surface area (Å²) in [6.45, 7) is 1.69. The highest BCUT2D eigenvalue weighted by Gasteiger charge is 2.20. The summed E-state index contributed by atoms with van der Waals surface area (Å²) >= 11 is 13.5. The number of hydrogen-bond acceptors (Lipinski definition) is 5. The number of rotatable bonds is 4. The minimum Gasteiger partial charge on any atom is -0.482 e. The van der Waals surface area contributed by atoms with Gasteiger partial charge in [-0.2, -0.15) is 5.26 Å². The lowest BCUT2D eigenvalue weighted by Crippen LogP contribution is -2.08. The van der Waals surface area contributed by atoms with Crippen LogP contribution in [-0.4, -0.2) is 4.98 Å². The first-order chi connectivity index (χ1) is 12.4. The molecular weight excluding hydrogens is 396 g/mol. The number of nitrogen functional groups attached to an aromatic ring is 1. The molecular formula is C18H12Cl2FN3OS. The Hall–Kier alpha value is -2.33. The van der Waals surface area contributed by atoms with Gasteiger partial charge in [0.05, 0.1) is 5.02 Å². The lowest BCUT2D eigenvalue weighted by atomic mass is 10.1. The molecule has 0 bridgehead atoms. The van der Waals surface area contributed by atoms with Crippen LogP contribution < -0.4 is 10.5 Å². The van der Waals surface area contributed by atoms with Crippen molar-refractivity contribution < 1.29 is 9.13 Å². The molecule has 4 nitrogen and oxygen atoms in total. The van der Waals surface area contributed by atoms with Crippen LogP contribution in [0.5, 0.6) is 5.75 Å². The molecule has 0 aliphatic rings. The van der Waals surface area contributed by atoms with Crippen LogP contribution in [0.25, 0.3) is 10.4 Å². The Balaban J connectivity index is 1.94. The maximum Gasteiger partial charge on any atom is 0.166 e. The highest BCUT2D eigenvalue weighted by molar-refractivity contribution is 7.16. The molecule has 2 aromatic heterocycles. The topological polar surface area (TPSA) is 71.9 Å². The molecule has 1 aromatic carbocycles. The minimum atomic E-state index is -0.650. The van der Waals surface area contributed by atoms with Crippen molar-refractivity contribution >= 4 is 40.4 Å². The lowest BCUT2D eigenvalue weighted by molar-refractivity contribution is 0.227. The third-order valence-electron chi connectivity index (χ3n) is 3.67. The minimum absolute atomic E-state index is 0.0930. The van der Waals surface area contributed by atoms with Gasteiger partial charge in [0.2, 0.25) is 0 Å². The highest BCUT2D eigenvalue weighted by Crippen LogP contribution is 2.37. The molecule has 0 amide bonds. The number of aromatic nitrogens is 1. The largest absolute Gasteiger partial charge is 0.482 e. The third kappa shape index (κ3) is 3.61. The van der Waals surface area contributed by atoms with Crippen molar-refractivity contribution in [2.75, 3.05) is 5.73 Å². The smallest absolute Gasteiger partial charge is 0.166 e. The van der Waals surface area contributed by atoms with Crippen LogP contribution in [0.3, 0.4) is 0 Å². The fourth-order valence-corrected chi connectivity index (χ4v) is 3.86. The van der Waals surface area contributed by atoms with Gasteiger partial charge in [0.25, 0.3) is 0 Å². The summed E-state index contributed by atoms with van der Waals surface area (Å²) in [5.41, 5.74) is 6.99. The Labute approximate surface area is 163 Å². The van der Waals surface area contributed by atoms with Gasteiger partial charge in [-0.3, -0.25) is 0 Å². The predicted octanol–water partition coefficient (Wildman–Crippen LogP) is 5.85. The SMILES string of the molecule is C[C@H](Oc1cc(-c2ccc(C#N)s2)cnc1N)c1c(Cl)ccc(F)c1Cl. The second kappa shape index (κ2) is 7.50. The molecule has 3 aromatic rings. The second-order valence-corrected chi connectivity index (χ2v) is 7.27. The van der Waals surface area contributed by atoms with Crippen molar-refractivity contribution in [3.8, 4) is 22.3 Å². The van der Waals surface area contributed by atoms with Gasteiger partial charge in [-0.25, -0.2) is 9.37 Å². The van der Waals surface area contributed by atoms with Crippen LogP contribution in [0.1, 0.15) is 23.5 Å². The Morgan fingerprint density at radius 2 is 2.08 bits per heavy atom. The number of hydrogen-bond donors (Lipinski definition) is 1. The van der Waals surface area contributed by atoms with E-state index in [9.17, 15) is 4.39 Å². The van der Waals surface area contributed by atoms with E-state index in [1.807, 2.05) is 6.07 Å². The average Bonchev–Trinajstić information content (AvgIpc) is 3.09. The van der Waals surface area contributed by atoms with Gasteiger partial charge in [0.15, 0.2) is 11.6 Å². The Morgan fingerprint density at radius 1 is 1.31 bits per heavy atom. The molecule has 1 atom stereocenters. The maximum atomic E-state index is 13.8. The molecule has 0 aliphatic heterocycles. The maximum absolute atomic E-state index is 13.8. The first-order valence-electron chi connectivity index (χ1n) is 7.46. The van der Waals surface area contributed by atoms with E-state index < -0.39 is 11.9 Å². The molecule has 2 heterocycles. The zero-order valence-corrected chi connectivity index (χ0v) is 15.8. The van der Waals surface area contributed by atoms with E-state index in [0.717, 1.165) is 10.4 Å². The Bertz CT molecular complexity index is 1020. The number of nitriles is 1. The van der Waals surface area contributed by atoms with Gasteiger partial charge in [0.1, 0.15) is 22.9 Å². The van der Waals surface area contributed by atoms with E-state index in [1.54, 1.807) is 25.3 Å². The molecule has 2 N–H and O–H groups in total. The van der Waals surface area contributed by atoms with Crippen molar-refractivity contribution in [1.82, 2.24) is 4.98 Å². The van der Waals surface area contributed by atoms with Crippen LogP contribution in [0, 0.1) is 17.1 Å². The fourth-order valence-electron chi connectivity index (χ4n) is 2.40. The third-order valence-corrected chi connectivity index (χ3v) is 5.42. The summed E-state index contributed by atoms with van der Waals surface area (Å²) in [7, 11) is 0. The zero-order chi connectivity index (χ0) is 18.8. The van der Waals surface area contributed by atoms with Gasteiger partial charge in [-0.15, -0.1) is 11.3 Å². The van der Waals surface area contributed by atoms with E-state index in [1.165, 1.54) is 23.5 Å². The summed E-state index contributed by atoms with van der Waals surface area (Å²) in [6, 6.07) is 9.98. The van der Waals surface area contributed by atoms with Crippen LogP contribution in [-0.2, 0) is 0 Å². The van der Waals surface area contributed by atoms with Crippen LogP contribution >= 0.6 is 34.5 Å². The molecule has 0 radical (unpaired) electrons. The van der Waals surface area contributed by atoms with Crippen molar-refractivity contribution in [3.63, 3.8) is 0 Å². The number of nitrogens with zero attached hydrogens (tertiary/aromatic N) is 2. The van der Waals surface area contributed by atoms with E-state index in [0.29, 0.717) is 21.2 Å². The van der Waals surface area contributed by atoms with Crippen LogP contribution in [0.4, 0.5) is 10.2 Å². The quantitative estimate of drug-likeness (QED) is 0.550. The molecule has 3 rings (SSSR count). The van der Waals surface area contributed by atoms with E-state index in [4.69, 9.17) is 38.9 Å². The molecule has 0 saturated carbocycles. The number of nitrogens with two attached hydrogens (primary N) is 1. The van der Waals surface area contributed by atoms with Crippen LogP contribution in [0.2, 0.25) is 10.0 Å². The first kappa shape index (κ1) is 18.5. The van der Waals surface area contributed by atoms with Crippen molar-refractivity contribution in [3.05, 3.63) is 62.8 Å². The second-order valence-electron chi connectivity index (χ2n) is 5.40. The average molecular weight is 408 g/mol. The van der Waals surface area contributed by atoms with Gasteiger partial charge in [-0.1, -0.05) is 23.2 Å². The molecule has 0 unspecified atom stereocenters. The molecule has 0 fully saturated rings. The monoisotopic (exact) mass is 407 g/mol. The number of anilines is 1. The Kier molecular flexibility index (Phi) is 5.33. The van der Waals surface area contributed by atoms with Gasteiger partial charge in [0, 0.05) is 27.2 Å². The van der Waals surface area contributed by atoms with Crippen molar-refractivity contribution in [2.45, 2.75) is 13.0 Å².